The van der Waals surface area contributed by atoms with Crippen molar-refractivity contribution < 1.29 is 23.1 Å². The van der Waals surface area contributed by atoms with Gasteiger partial charge in [0.25, 0.3) is 0 Å². The number of nitrogens with zero attached hydrogens (tertiary/aromatic N) is 1. The monoisotopic (exact) mass is 413 g/mol. The van der Waals surface area contributed by atoms with Crippen molar-refractivity contribution in [3.8, 4) is 0 Å². The van der Waals surface area contributed by atoms with Gasteiger partial charge < -0.3 is 5.11 Å². The number of hydrogen-bond donors (Lipinski definition) is 1. The topological polar surface area (TPSA) is 40.5 Å². The average molecular weight is 414 g/mol. The lowest BCUT2D eigenvalue weighted by Gasteiger charge is -2.18. The molecule has 1 aliphatic rings. The van der Waals surface area contributed by atoms with E-state index in [-0.39, 0.29) is 13.1 Å². The largest absolute Gasteiger partial charge is 0.481 e. The molecule has 0 saturated carbocycles. The van der Waals surface area contributed by atoms with E-state index in [0.717, 1.165) is 18.4 Å². The Hall–Kier alpha value is -1.56. The lowest BCUT2D eigenvalue weighted by Crippen LogP contribution is -2.33. The van der Waals surface area contributed by atoms with E-state index in [1.165, 1.54) is 50.5 Å². The van der Waals surface area contributed by atoms with E-state index in [0.29, 0.717) is 6.54 Å². The first-order valence-electron chi connectivity index (χ1n) is 10.9. The fourth-order valence-corrected chi connectivity index (χ4v) is 4.13. The summed E-state index contributed by atoms with van der Waals surface area (Å²) in [5.41, 5.74) is 2.18. The summed E-state index contributed by atoms with van der Waals surface area (Å²) in [6, 6.07) is 8.00. The van der Waals surface area contributed by atoms with Crippen LogP contribution in [-0.4, -0.2) is 35.2 Å². The molecule has 2 unspecified atom stereocenters. The Morgan fingerprint density at radius 1 is 0.966 bits per heavy atom. The number of carboxylic acid groups (broad SMARTS) is 1. The third-order valence-corrected chi connectivity index (χ3v) is 5.88. The first-order chi connectivity index (χ1) is 13.8. The summed E-state index contributed by atoms with van der Waals surface area (Å²) in [6.45, 7) is 2.27. The fraction of sp³-hybridized carbons (Fsp3) is 0.696. The van der Waals surface area contributed by atoms with Gasteiger partial charge in [-0.15, -0.1) is 0 Å². The summed E-state index contributed by atoms with van der Waals surface area (Å²) >= 11 is 0. The lowest BCUT2D eigenvalue weighted by atomic mass is 9.96. The van der Waals surface area contributed by atoms with Crippen molar-refractivity contribution in [2.24, 2.45) is 11.8 Å². The van der Waals surface area contributed by atoms with Crippen LogP contribution in [-0.2, 0) is 17.8 Å². The molecule has 1 saturated heterocycles. The van der Waals surface area contributed by atoms with Gasteiger partial charge in [-0.25, -0.2) is 0 Å². The van der Waals surface area contributed by atoms with Crippen LogP contribution in [0.15, 0.2) is 24.3 Å². The molecular weight excluding hydrogens is 379 g/mol. The number of unbranched alkanes of at least 4 members (excludes halogenated alkanes) is 7. The summed E-state index contributed by atoms with van der Waals surface area (Å²) in [5, 5.41) is 9.12. The predicted molar refractivity (Wildman–Crippen MR) is 109 cm³/mol. The van der Waals surface area contributed by atoms with Crippen LogP contribution in [0, 0.1) is 11.8 Å². The molecule has 0 spiro atoms. The number of benzene rings is 1. The van der Waals surface area contributed by atoms with Gasteiger partial charge in [-0.05, 0) is 24.0 Å². The molecule has 1 aliphatic heterocycles. The van der Waals surface area contributed by atoms with Crippen LogP contribution < -0.4 is 0 Å². The van der Waals surface area contributed by atoms with Crippen LogP contribution in [0.3, 0.4) is 0 Å². The predicted octanol–water partition coefficient (Wildman–Crippen LogP) is 6.06. The number of aryl methyl sites for hydroxylation is 1. The van der Waals surface area contributed by atoms with Gasteiger partial charge in [-0.2, -0.15) is 13.2 Å². The van der Waals surface area contributed by atoms with Crippen LogP contribution in [0.2, 0.25) is 0 Å². The smallest absolute Gasteiger partial charge is 0.393 e. The van der Waals surface area contributed by atoms with Crippen LogP contribution >= 0.6 is 0 Å². The Morgan fingerprint density at radius 2 is 1.52 bits per heavy atom. The molecule has 1 N–H and O–H groups in total. The number of aliphatic carboxylic acids is 1. The normalized spacial score (nSPS) is 20.3. The lowest BCUT2D eigenvalue weighted by molar-refractivity contribution is -0.188. The Balaban J connectivity index is 1.73. The highest BCUT2D eigenvalue weighted by atomic mass is 19.4. The molecule has 164 valence electrons. The number of likely N-dealkylation sites (tertiary alicyclic amines) is 1. The number of carboxylic acids is 1. The number of alkyl halides is 3. The highest BCUT2D eigenvalue weighted by Gasteiger charge is 2.52. The van der Waals surface area contributed by atoms with Crippen molar-refractivity contribution >= 4 is 5.97 Å². The Kier molecular flexibility index (Phi) is 9.47. The van der Waals surface area contributed by atoms with Crippen molar-refractivity contribution in [2.45, 2.75) is 77.4 Å². The number of carbonyl (C=O) groups is 1. The Labute approximate surface area is 172 Å². The molecule has 0 aromatic heterocycles. The van der Waals surface area contributed by atoms with Crippen LogP contribution in [0.5, 0.6) is 0 Å². The van der Waals surface area contributed by atoms with Gasteiger partial charge in [0, 0.05) is 19.6 Å². The van der Waals surface area contributed by atoms with Crippen molar-refractivity contribution in [3.63, 3.8) is 0 Å². The fourth-order valence-electron chi connectivity index (χ4n) is 4.13. The second-order valence-corrected chi connectivity index (χ2v) is 8.33. The molecule has 1 aromatic carbocycles. The molecule has 0 radical (unpaired) electrons. The SMILES string of the molecule is CCCCCCCCCCc1ccc(CN2CC(C(=O)O)C(C(F)(F)F)C2)cc1. The van der Waals surface area contributed by atoms with Crippen molar-refractivity contribution in [2.75, 3.05) is 13.1 Å². The molecule has 1 heterocycles. The minimum atomic E-state index is -4.47. The maximum absolute atomic E-state index is 13.1. The van der Waals surface area contributed by atoms with Crippen molar-refractivity contribution in [1.29, 1.82) is 0 Å². The van der Waals surface area contributed by atoms with Gasteiger partial charge >= 0.3 is 12.1 Å². The Bertz CT molecular complexity index is 616. The van der Waals surface area contributed by atoms with Crippen molar-refractivity contribution in [1.82, 2.24) is 4.90 Å². The van der Waals surface area contributed by atoms with Crippen LogP contribution in [0.1, 0.15) is 69.4 Å². The van der Waals surface area contributed by atoms with E-state index in [1.807, 2.05) is 24.3 Å². The summed E-state index contributed by atoms with van der Waals surface area (Å²) in [7, 11) is 0. The minimum Gasteiger partial charge on any atom is -0.481 e. The molecule has 0 bridgehead atoms. The molecule has 6 heteroatoms. The van der Waals surface area contributed by atoms with E-state index in [4.69, 9.17) is 5.11 Å². The van der Waals surface area contributed by atoms with Gasteiger partial charge in [0.05, 0.1) is 11.8 Å². The Morgan fingerprint density at radius 3 is 2.03 bits per heavy atom. The summed E-state index contributed by atoms with van der Waals surface area (Å²) in [4.78, 5) is 12.8. The summed E-state index contributed by atoms with van der Waals surface area (Å²) in [6.07, 6.45) is 6.81. The van der Waals surface area contributed by atoms with E-state index >= 15 is 0 Å². The molecule has 0 amide bonds. The first kappa shape index (κ1) is 23.7. The van der Waals surface area contributed by atoms with E-state index in [2.05, 4.69) is 6.92 Å². The molecule has 0 aliphatic carbocycles. The second kappa shape index (κ2) is 11.6. The van der Waals surface area contributed by atoms with E-state index in [9.17, 15) is 18.0 Å². The molecule has 29 heavy (non-hydrogen) atoms. The molecule has 1 fully saturated rings. The average Bonchev–Trinajstić information content (AvgIpc) is 3.10. The number of halogens is 3. The van der Waals surface area contributed by atoms with Gasteiger partial charge in [0.15, 0.2) is 0 Å². The third kappa shape index (κ3) is 8.00. The van der Waals surface area contributed by atoms with Crippen LogP contribution in [0.4, 0.5) is 13.2 Å². The van der Waals surface area contributed by atoms with Gasteiger partial charge in [0.2, 0.25) is 0 Å². The van der Waals surface area contributed by atoms with Crippen molar-refractivity contribution in [3.05, 3.63) is 35.4 Å². The maximum atomic E-state index is 13.1. The standard InChI is InChI=1S/C23H34F3NO2/c1-2-3-4-5-6-7-8-9-10-18-11-13-19(14-12-18)15-27-16-20(22(28)29)21(17-27)23(24,25)26/h11-14,20-21H,2-10,15-17H2,1H3,(H,28,29). The molecular formula is C23H34F3NO2. The highest BCUT2D eigenvalue weighted by Crippen LogP contribution is 2.38. The van der Waals surface area contributed by atoms with E-state index in [1.54, 1.807) is 4.90 Å². The summed E-state index contributed by atoms with van der Waals surface area (Å²) in [5.74, 6) is -4.53. The van der Waals surface area contributed by atoms with Gasteiger partial charge in [-0.3, -0.25) is 9.69 Å². The van der Waals surface area contributed by atoms with Gasteiger partial charge in [0.1, 0.15) is 0 Å². The summed E-state index contributed by atoms with van der Waals surface area (Å²) < 4.78 is 39.3. The highest BCUT2D eigenvalue weighted by molar-refractivity contribution is 5.71. The molecule has 1 aromatic rings. The third-order valence-electron chi connectivity index (χ3n) is 5.88. The quantitative estimate of drug-likeness (QED) is 0.423. The zero-order valence-corrected chi connectivity index (χ0v) is 17.4. The number of hydrogen-bond acceptors (Lipinski definition) is 2. The minimum absolute atomic E-state index is 0.0560. The molecule has 2 rings (SSSR count). The molecule has 3 nitrogen and oxygen atoms in total. The maximum Gasteiger partial charge on any atom is 0.393 e. The van der Waals surface area contributed by atoms with E-state index < -0.39 is 24.0 Å². The number of rotatable bonds is 12. The molecule has 2 atom stereocenters. The second-order valence-electron chi connectivity index (χ2n) is 8.33. The van der Waals surface area contributed by atoms with Crippen LogP contribution in [0.25, 0.3) is 0 Å². The first-order valence-corrected chi connectivity index (χ1v) is 10.9. The zero-order valence-electron chi connectivity index (χ0n) is 17.4. The van der Waals surface area contributed by atoms with Gasteiger partial charge in [-0.1, -0.05) is 76.1 Å². The zero-order chi connectivity index (χ0) is 21.3.